The Morgan fingerprint density at radius 1 is 0.760 bits per heavy atom. The maximum atomic E-state index is 9.55. The lowest BCUT2D eigenvalue weighted by Gasteiger charge is -1.81. The molecule has 0 atom stereocenters. The number of carbonyl (C=O) groups is 4. The molecule has 2 aromatic rings. The summed E-state index contributed by atoms with van der Waals surface area (Å²) < 4.78 is 0. The summed E-state index contributed by atoms with van der Waals surface area (Å²) in [6.45, 7) is 0. The molecule has 0 spiro atoms. The van der Waals surface area contributed by atoms with Gasteiger partial charge in [0.1, 0.15) is 0 Å². The summed E-state index contributed by atoms with van der Waals surface area (Å²) in [4.78, 5) is 45.3. The summed E-state index contributed by atoms with van der Waals surface area (Å²) in [5.41, 5.74) is 2.12. The fraction of sp³-hybridized carbons (Fsp3) is 0. The summed E-state index contributed by atoms with van der Waals surface area (Å²) in [5.74, 6) is -5.03. The van der Waals surface area contributed by atoms with Crippen LogP contribution in [0.15, 0.2) is 54.9 Å². The number of carboxylic acids is 4. The largest absolute Gasteiger partial charge is 0.478 e. The van der Waals surface area contributed by atoms with Crippen molar-refractivity contribution in [3.63, 3.8) is 0 Å². The SMILES string of the molecule is O=C(O)/C=C/C(=O)O.O=C(O)/C=C/C(=O)O.c1ccc2[nH]cnc2c1. The number of nitrogens with one attached hydrogen (secondary N) is 1. The van der Waals surface area contributed by atoms with E-state index in [4.69, 9.17) is 20.4 Å². The number of benzene rings is 1. The first kappa shape index (κ1) is 21.0. The number of imidazole rings is 1. The first-order valence-electron chi connectivity index (χ1n) is 6.38. The molecule has 0 amide bonds. The van der Waals surface area contributed by atoms with Gasteiger partial charge >= 0.3 is 23.9 Å². The Hall–Kier alpha value is -3.95. The van der Waals surface area contributed by atoms with Gasteiger partial charge in [-0.1, -0.05) is 12.1 Å². The van der Waals surface area contributed by atoms with Crippen LogP contribution < -0.4 is 0 Å². The first-order chi connectivity index (χ1) is 11.7. The van der Waals surface area contributed by atoms with E-state index in [1.165, 1.54) is 0 Å². The molecule has 0 saturated heterocycles. The molecule has 0 saturated carbocycles. The van der Waals surface area contributed by atoms with E-state index in [9.17, 15) is 19.2 Å². The molecular weight excluding hydrogens is 336 g/mol. The maximum Gasteiger partial charge on any atom is 0.328 e. The van der Waals surface area contributed by atoms with Crippen molar-refractivity contribution in [2.24, 2.45) is 0 Å². The zero-order valence-electron chi connectivity index (χ0n) is 12.6. The van der Waals surface area contributed by atoms with Crippen LogP contribution in [0.1, 0.15) is 0 Å². The number of aromatic nitrogens is 2. The maximum absolute atomic E-state index is 9.55. The minimum Gasteiger partial charge on any atom is -0.478 e. The first-order valence-corrected chi connectivity index (χ1v) is 6.38. The third-order valence-corrected chi connectivity index (χ3v) is 2.06. The van der Waals surface area contributed by atoms with E-state index in [0.29, 0.717) is 24.3 Å². The van der Waals surface area contributed by atoms with Gasteiger partial charge in [0.2, 0.25) is 0 Å². The zero-order valence-corrected chi connectivity index (χ0v) is 12.6. The molecule has 0 radical (unpaired) electrons. The number of aliphatic carboxylic acids is 4. The molecule has 1 aromatic carbocycles. The normalized spacial score (nSPS) is 9.76. The summed E-state index contributed by atoms with van der Waals surface area (Å²) in [7, 11) is 0. The highest BCUT2D eigenvalue weighted by Crippen LogP contribution is 2.05. The molecule has 2 rings (SSSR count). The van der Waals surface area contributed by atoms with E-state index >= 15 is 0 Å². The molecule has 5 N–H and O–H groups in total. The number of rotatable bonds is 4. The quantitative estimate of drug-likeness (QED) is 0.503. The van der Waals surface area contributed by atoms with Crippen LogP contribution in [-0.2, 0) is 19.2 Å². The van der Waals surface area contributed by atoms with Gasteiger partial charge in [0.25, 0.3) is 0 Å². The number of nitrogens with zero attached hydrogens (tertiary/aromatic N) is 1. The Morgan fingerprint density at radius 2 is 1.16 bits per heavy atom. The van der Waals surface area contributed by atoms with Crippen molar-refractivity contribution < 1.29 is 39.6 Å². The number of aromatic amines is 1. The van der Waals surface area contributed by atoms with Crippen LogP contribution in [0.2, 0.25) is 0 Å². The fourth-order valence-corrected chi connectivity index (χ4v) is 1.16. The number of fused-ring (bicyclic) bond motifs is 1. The number of hydrogen-bond donors (Lipinski definition) is 5. The molecule has 1 heterocycles. The predicted molar refractivity (Wildman–Crippen MR) is 84.9 cm³/mol. The highest BCUT2D eigenvalue weighted by molar-refractivity contribution is 5.90. The van der Waals surface area contributed by atoms with Gasteiger partial charge in [-0.05, 0) is 12.1 Å². The molecule has 25 heavy (non-hydrogen) atoms. The lowest BCUT2D eigenvalue weighted by atomic mass is 10.3. The smallest absolute Gasteiger partial charge is 0.328 e. The third kappa shape index (κ3) is 12.3. The second kappa shape index (κ2) is 11.6. The van der Waals surface area contributed by atoms with Crippen LogP contribution in [0, 0.1) is 0 Å². The summed E-state index contributed by atoms with van der Waals surface area (Å²) in [5, 5.41) is 31.2. The van der Waals surface area contributed by atoms with Gasteiger partial charge in [0.05, 0.1) is 17.4 Å². The molecule has 0 aliphatic carbocycles. The Labute approximate surface area is 140 Å². The van der Waals surface area contributed by atoms with Crippen molar-refractivity contribution in [1.82, 2.24) is 9.97 Å². The number of H-pyrrole nitrogens is 1. The van der Waals surface area contributed by atoms with Crippen LogP contribution in [-0.4, -0.2) is 54.3 Å². The highest BCUT2D eigenvalue weighted by atomic mass is 16.4. The summed E-state index contributed by atoms with van der Waals surface area (Å²) >= 11 is 0. The molecule has 0 aliphatic heterocycles. The summed E-state index contributed by atoms with van der Waals surface area (Å²) in [6, 6.07) is 7.94. The van der Waals surface area contributed by atoms with Crippen LogP contribution in [0.5, 0.6) is 0 Å². The molecule has 0 unspecified atom stereocenters. The van der Waals surface area contributed by atoms with E-state index in [2.05, 4.69) is 9.97 Å². The Balaban J connectivity index is 0.000000348. The Bertz CT molecular complexity index is 695. The van der Waals surface area contributed by atoms with Crippen molar-refractivity contribution in [3.8, 4) is 0 Å². The molecule has 132 valence electrons. The van der Waals surface area contributed by atoms with E-state index < -0.39 is 23.9 Å². The van der Waals surface area contributed by atoms with Crippen molar-refractivity contribution in [3.05, 3.63) is 54.9 Å². The van der Waals surface area contributed by atoms with Crippen molar-refractivity contribution in [1.29, 1.82) is 0 Å². The highest BCUT2D eigenvalue weighted by Gasteiger charge is 1.89. The topological polar surface area (TPSA) is 178 Å². The molecule has 0 fully saturated rings. The van der Waals surface area contributed by atoms with Gasteiger partial charge in [0.15, 0.2) is 0 Å². The fourth-order valence-electron chi connectivity index (χ4n) is 1.16. The molecule has 10 nitrogen and oxygen atoms in total. The van der Waals surface area contributed by atoms with Crippen LogP contribution in [0.4, 0.5) is 0 Å². The van der Waals surface area contributed by atoms with Crippen molar-refractivity contribution in [2.45, 2.75) is 0 Å². The predicted octanol–water partition coefficient (Wildman–Crippen LogP) is 0.986. The lowest BCUT2D eigenvalue weighted by molar-refractivity contribution is -0.134. The molecular formula is C15H14N2O8. The van der Waals surface area contributed by atoms with E-state index in [1.807, 2.05) is 24.3 Å². The van der Waals surface area contributed by atoms with Gasteiger partial charge in [-0.3, -0.25) is 0 Å². The minimum atomic E-state index is -1.26. The number of hydrogen-bond acceptors (Lipinski definition) is 5. The van der Waals surface area contributed by atoms with Crippen LogP contribution in [0.25, 0.3) is 11.0 Å². The zero-order chi connectivity index (χ0) is 19.2. The molecule has 10 heteroatoms. The van der Waals surface area contributed by atoms with Crippen LogP contribution in [0.3, 0.4) is 0 Å². The van der Waals surface area contributed by atoms with Gasteiger partial charge in [-0.15, -0.1) is 0 Å². The van der Waals surface area contributed by atoms with E-state index in [1.54, 1.807) is 6.33 Å². The monoisotopic (exact) mass is 350 g/mol. The standard InChI is InChI=1S/C7H6N2.2C4H4O4/c1-2-4-7-6(3-1)8-5-9-7;2*5-3(6)1-2-4(7)8/h1-5H,(H,8,9);2*1-2H,(H,5,6)(H,7,8)/b;2*2-1+. The van der Waals surface area contributed by atoms with E-state index in [-0.39, 0.29) is 0 Å². The second-order valence-electron chi connectivity index (χ2n) is 3.94. The average Bonchev–Trinajstić information content (AvgIpc) is 3.01. The second-order valence-corrected chi connectivity index (χ2v) is 3.94. The van der Waals surface area contributed by atoms with Crippen LogP contribution >= 0.6 is 0 Å². The Morgan fingerprint density at radius 3 is 1.52 bits per heavy atom. The Kier molecular flexibility index (Phi) is 9.76. The van der Waals surface area contributed by atoms with Crippen molar-refractivity contribution in [2.75, 3.05) is 0 Å². The molecule has 0 bridgehead atoms. The summed E-state index contributed by atoms with van der Waals surface area (Å²) in [6.07, 6.45) is 3.93. The van der Waals surface area contributed by atoms with E-state index in [0.717, 1.165) is 11.0 Å². The average molecular weight is 350 g/mol. The van der Waals surface area contributed by atoms with Gasteiger partial charge in [-0.2, -0.15) is 0 Å². The van der Waals surface area contributed by atoms with Crippen molar-refractivity contribution >= 4 is 34.9 Å². The number of para-hydroxylation sites is 2. The molecule has 1 aromatic heterocycles. The minimum absolute atomic E-state index is 0.558. The van der Waals surface area contributed by atoms with Gasteiger partial charge in [-0.25, -0.2) is 24.2 Å². The van der Waals surface area contributed by atoms with Gasteiger partial charge < -0.3 is 25.4 Å². The number of carboxylic acid groups (broad SMARTS) is 4. The third-order valence-electron chi connectivity index (χ3n) is 2.06. The van der Waals surface area contributed by atoms with Gasteiger partial charge in [0, 0.05) is 24.3 Å². The lowest BCUT2D eigenvalue weighted by Crippen LogP contribution is -1.91. The molecule has 0 aliphatic rings.